The first-order valence-corrected chi connectivity index (χ1v) is 5.84. The van der Waals surface area contributed by atoms with E-state index in [1.165, 1.54) is 0 Å². The Kier molecular flexibility index (Phi) is 4.41. The summed E-state index contributed by atoms with van der Waals surface area (Å²) in [5.74, 6) is 0.110. The van der Waals surface area contributed by atoms with E-state index >= 15 is 0 Å². The Morgan fingerprint density at radius 2 is 2.00 bits per heavy atom. The number of nitrogens with two attached hydrogens (primary N) is 1. The molecular weight excluding hydrogens is 242 g/mol. The van der Waals surface area contributed by atoms with Crippen molar-refractivity contribution in [2.75, 3.05) is 0 Å². The molecule has 6 heteroatoms. The molecule has 0 bridgehead atoms. The van der Waals surface area contributed by atoms with Gasteiger partial charge in [-0.3, -0.25) is 0 Å². The molecule has 0 saturated heterocycles. The molecule has 0 aliphatic rings. The molecule has 4 N–H and O–H groups in total. The van der Waals surface area contributed by atoms with Gasteiger partial charge in [0.1, 0.15) is 0 Å². The van der Waals surface area contributed by atoms with E-state index in [0.717, 1.165) is 11.3 Å². The summed E-state index contributed by atoms with van der Waals surface area (Å²) in [6.07, 6.45) is 1.65. The van der Waals surface area contributed by atoms with Crippen molar-refractivity contribution in [1.29, 1.82) is 0 Å². The Morgan fingerprint density at radius 3 is 2.63 bits per heavy atom. The maximum Gasteiger partial charge on any atom is 0.170 e. The van der Waals surface area contributed by atoms with E-state index in [4.69, 9.17) is 10.9 Å². The Labute approximate surface area is 111 Å². The second-order valence-corrected chi connectivity index (χ2v) is 4.00. The zero-order valence-electron chi connectivity index (χ0n) is 10.3. The summed E-state index contributed by atoms with van der Waals surface area (Å²) >= 11 is 0. The molecule has 0 spiro atoms. The number of aromatic nitrogens is 2. The van der Waals surface area contributed by atoms with Crippen LogP contribution in [0.15, 0.2) is 47.8 Å². The predicted molar refractivity (Wildman–Crippen MR) is 71.5 cm³/mol. The fourth-order valence-electron chi connectivity index (χ4n) is 1.61. The second kappa shape index (κ2) is 6.46. The molecule has 0 fully saturated rings. The number of rotatable bonds is 5. The highest BCUT2D eigenvalue weighted by atomic mass is 16.4. The van der Waals surface area contributed by atoms with Crippen LogP contribution in [0.4, 0.5) is 0 Å². The van der Waals surface area contributed by atoms with Gasteiger partial charge in [0.2, 0.25) is 0 Å². The molecule has 98 valence electrons. The predicted octanol–water partition coefficient (Wildman–Crippen LogP) is 0.861. The lowest BCUT2D eigenvalue weighted by atomic mass is 10.1. The van der Waals surface area contributed by atoms with Crippen molar-refractivity contribution in [2.45, 2.75) is 13.1 Å². The van der Waals surface area contributed by atoms with Crippen LogP contribution in [-0.2, 0) is 13.1 Å². The first-order chi connectivity index (χ1) is 9.29. The summed E-state index contributed by atoms with van der Waals surface area (Å²) in [4.78, 5) is 0. The average molecular weight is 257 g/mol. The molecule has 0 aliphatic carbocycles. The van der Waals surface area contributed by atoms with Crippen molar-refractivity contribution in [3.8, 4) is 0 Å². The molecule has 0 atom stereocenters. The van der Waals surface area contributed by atoms with Gasteiger partial charge >= 0.3 is 0 Å². The third-order valence-electron chi connectivity index (χ3n) is 2.62. The van der Waals surface area contributed by atoms with Crippen molar-refractivity contribution in [1.82, 2.24) is 15.5 Å². The van der Waals surface area contributed by atoms with Crippen molar-refractivity contribution in [3.05, 3.63) is 59.4 Å². The smallest absolute Gasteiger partial charge is 0.170 e. The average Bonchev–Trinajstić information content (AvgIpc) is 2.48. The van der Waals surface area contributed by atoms with Gasteiger partial charge in [-0.05, 0) is 17.7 Å². The van der Waals surface area contributed by atoms with Crippen LogP contribution in [0.1, 0.15) is 16.8 Å². The standard InChI is InChI=1S/C13H15N5O/c14-13(18-19)11-5-3-10(4-6-11)8-15-9-12-2-1-7-16-17-12/h1-7,15,19H,8-9H2,(H2,14,18). The van der Waals surface area contributed by atoms with Gasteiger partial charge in [0, 0.05) is 24.8 Å². The van der Waals surface area contributed by atoms with Gasteiger partial charge in [-0.15, -0.1) is 0 Å². The third kappa shape index (κ3) is 3.75. The molecule has 1 aromatic heterocycles. The third-order valence-corrected chi connectivity index (χ3v) is 2.62. The Bertz CT molecular complexity index is 539. The minimum Gasteiger partial charge on any atom is -0.409 e. The van der Waals surface area contributed by atoms with Gasteiger partial charge in [0.15, 0.2) is 5.84 Å². The van der Waals surface area contributed by atoms with Gasteiger partial charge in [0.25, 0.3) is 0 Å². The summed E-state index contributed by atoms with van der Waals surface area (Å²) in [7, 11) is 0. The topological polar surface area (TPSA) is 96.4 Å². The van der Waals surface area contributed by atoms with Crippen LogP contribution in [-0.4, -0.2) is 21.2 Å². The van der Waals surface area contributed by atoms with Gasteiger partial charge in [-0.2, -0.15) is 10.2 Å². The molecule has 2 rings (SSSR count). The zero-order valence-corrected chi connectivity index (χ0v) is 10.3. The number of hydrogen-bond acceptors (Lipinski definition) is 5. The highest BCUT2D eigenvalue weighted by molar-refractivity contribution is 5.96. The van der Waals surface area contributed by atoms with Crippen LogP contribution in [0.2, 0.25) is 0 Å². The van der Waals surface area contributed by atoms with Crippen LogP contribution >= 0.6 is 0 Å². The zero-order chi connectivity index (χ0) is 13.5. The van der Waals surface area contributed by atoms with Crippen molar-refractivity contribution < 1.29 is 5.21 Å². The number of amidine groups is 1. The molecule has 0 amide bonds. The second-order valence-electron chi connectivity index (χ2n) is 4.00. The van der Waals surface area contributed by atoms with Crippen LogP contribution < -0.4 is 11.1 Å². The van der Waals surface area contributed by atoms with E-state index < -0.39 is 0 Å². The molecule has 2 aromatic rings. The summed E-state index contributed by atoms with van der Waals surface area (Å²) in [6, 6.07) is 11.3. The number of nitrogens with one attached hydrogen (secondary N) is 1. The molecule has 6 nitrogen and oxygen atoms in total. The SMILES string of the molecule is N/C(=N/O)c1ccc(CNCc2cccnn2)cc1. The lowest BCUT2D eigenvalue weighted by Gasteiger charge is -2.05. The van der Waals surface area contributed by atoms with E-state index in [1.54, 1.807) is 6.20 Å². The van der Waals surface area contributed by atoms with Gasteiger partial charge < -0.3 is 16.3 Å². The van der Waals surface area contributed by atoms with Gasteiger partial charge in [-0.1, -0.05) is 29.4 Å². The summed E-state index contributed by atoms with van der Waals surface area (Å²) in [5, 5.41) is 22.6. The molecular formula is C13H15N5O. The number of nitrogens with zero attached hydrogens (tertiary/aromatic N) is 3. The van der Waals surface area contributed by atoms with Gasteiger partial charge in [-0.25, -0.2) is 0 Å². The molecule has 19 heavy (non-hydrogen) atoms. The molecule has 0 aliphatic heterocycles. The number of hydrogen-bond donors (Lipinski definition) is 3. The highest BCUT2D eigenvalue weighted by Crippen LogP contribution is 2.04. The van der Waals surface area contributed by atoms with E-state index in [-0.39, 0.29) is 5.84 Å². The number of benzene rings is 1. The van der Waals surface area contributed by atoms with E-state index in [9.17, 15) is 0 Å². The molecule has 0 unspecified atom stereocenters. The molecule has 1 heterocycles. The van der Waals surface area contributed by atoms with Crippen molar-refractivity contribution >= 4 is 5.84 Å². The van der Waals surface area contributed by atoms with Gasteiger partial charge in [0.05, 0.1) is 5.69 Å². The summed E-state index contributed by atoms with van der Waals surface area (Å²) in [5.41, 5.74) is 8.19. The fourth-order valence-corrected chi connectivity index (χ4v) is 1.61. The van der Waals surface area contributed by atoms with Crippen LogP contribution in [0, 0.1) is 0 Å². The number of oxime groups is 1. The normalized spacial score (nSPS) is 11.5. The van der Waals surface area contributed by atoms with Crippen LogP contribution in [0.3, 0.4) is 0 Å². The first kappa shape index (κ1) is 13.0. The Hall–Kier alpha value is -2.47. The van der Waals surface area contributed by atoms with E-state index in [2.05, 4.69) is 20.7 Å². The fraction of sp³-hybridized carbons (Fsp3) is 0.154. The van der Waals surface area contributed by atoms with Crippen molar-refractivity contribution in [2.24, 2.45) is 10.9 Å². The maximum atomic E-state index is 8.56. The molecule has 1 aromatic carbocycles. The largest absolute Gasteiger partial charge is 0.409 e. The minimum atomic E-state index is 0.110. The van der Waals surface area contributed by atoms with E-state index in [1.807, 2.05) is 36.4 Å². The lowest BCUT2D eigenvalue weighted by molar-refractivity contribution is 0.318. The summed E-state index contributed by atoms with van der Waals surface area (Å²) < 4.78 is 0. The summed E-state index contributed by atoms with van der Waals surface area (Å²) in [6.45, 7) is 1.38. The molecule has 0 radical (unpaired) electrons. The Balaban J connectivity index is 1.87. The van der Waals surface area contributed by atoms with E-state index in [0.29, 0.717) is 18.7 Å². The maximum absolute atomic E-state index is 8.56. The lowest BCUT2D eigenvalue weighted by Crippen LogP contribution is -2.15. The Morgan fingerprint density at radius 1 is 1.21 bits per heavy atom. The molecule has 0 saturated carbocycles. The first-order valence-electron chi connectivity index (χ1n) is 5.84. The quantitative estimate of drug-likeness (QED) is 0.319. The minimum absolute atomic E-state index is 0.110. The van der Waals surface area contributed by atoms with Crippen LogP contribution in [0.25, 0.3) is 0 Å². The monoisotopic (exact) mass is 257 g/mol. The van der Waals surface area contributed by atoms with Crippen LogP contribution in [0.5, 0.6) is 0 Å². The highest BCUT2D eigenvalue weighted by Gasteiger charge is 1.99. The van der Waals surface area contributed by atoms with Crippen molar-refractivity contribution in [3.63, 3.8) is 0 Å².